The number of aliphatic hydroxyl groups excluding tert-OH is 1. The Kier molecular flexibility index (Phi) is 5.83. The maximum absolute atomic E-state index is 10.7. The van der Waals surface area contributed by atoms with Crippen LogP contribution in [-0.2, 0) is 11.2 Å². The molecular weight excluding hydrogens is 224 g/mol. The molecule has 18 heavy (non-hydrogen) atoms. The quantitative estimate of drug-likeness (QED) is 0.796. The monoisotopic (exact) mass is 250 g/mol. The third-order valence-corrected chi connectivity index (χ3v) is 3.80. The number of rotatable bonds is 7. The second kappa shape index (κ2) is 6.91. The summed E-state index contributed by atoms with van der Waals surface area (Å²) in [6.07, 6.45) is 2.06. The molecule has 0 radical (unpaired) electrons. The van der Waals surface area contributed by atoms with Crippen molar-refractivity contribution in [3.05, 3.63) is 35.4 Å². The van der Waals surface area contributed by atoms with E-state index in [0.717, 1.165) is 24.8 Å². The molecule has 0 aliphatic carbocycles. The summed E-state index contributed by atoms with van der Waals surface area (Å²) < 4.78 is 5.87. The minimum Gasteiger partial charge on any atom is -0.385 e. The van der Waals surface area contributed by atoms with E-state index in [4.69, 9.17) is 4.74 Å². The van der Waals surface area contributed by atoms with E-state index in [-0.39, 0.29) is 0 Å². The van der Waals surface area contributed by atoms with Gasteiger partial charge >= 0.3 is 0 Å². The SMILES string of the molecule is CCOC(CC)(CC)C(O)c1cccc(CC)c1. The van der Waals surface area contributed by atoms with Crippen LogP contribution in [0.2, 0.25) is 0 Å². The maximum atomic E-state index is 10.7. The number of ether oxygens (including phenoxy) is 1. The predicted octanol–water partition coefficient (Wildman–Crippen LogP) is 3.88. The van der Waals surface area contributed by atoms with E-state index in [2.05, 4.69) is 32.9 Å². The molecule has 0 aliphatic heterocycles. The predicted molar refractivity (Wildman–Crippen MR) is 75.7 cm³/mol. The summed E-state index contributed by atoms with van der Waals surface area (Å²) in [5.74, 6) is 0. The van der Waals surface area contributed by atoms with E-state index in [1.165, 1.54) is 5.56 Å². The normalized spacial score (nSPS) is 13.6. The number of aliphatic hydroxyl groups is 1. The van der Waals surface area contributed by atoms with Gasteiger partial charge in [-0.25, -0.2) is 0 Å². The zero-order valence-corrected chi connectivity index (χ0v) is 12.1. The van der Waals surface area contributed by atoms with E-state index < -0.39 is 11.7 Å². The Balaban J connectivity index is 3.04. The lowest BCUT2D eigenvalue weighted by molar-refractivity contribution is -0.127. The minimum atomic E-state index is -0.557. The van der Waals surface area contributed by atoms with Crippen LogP contribution in [0.5, 0.6) is 0 Å². The van der Waals surface area contributed by atoms with Gasteiger partial charge in [-0.05, 0) is 37.3 Å². The molecule has 2 nitrogen and oxygen atoms in total. The molecule has 1 N–H and O–H groups in total. The fraction of sp³-hybridized carbons (Fsp3) is 0.625. The van der Waals surface area contributed by atoms with Gasteiger partial charge in [0.15, 0.2) is 0 Å². The van der Waals surface area contributed by atoms with Gasteiger partial charge in [-0.15, -0.1) is 0 Å². The Morgan fingerprint density at radius 3 is 2.33 bits per heavy atom. The average Bonchev–Trinajstić information content (AvgIpc) is 2.44. The summed E-state index contributed by atoms with van der Waals surface area (Å²) in [6, 6.07) is 8.18. The molecule has 0 aliphatic rings. The molecule has 0 aromatic heterocycles. The topological polar surface area (TPSA) is 29.5 Å². The molecule has 1 atom stereocenters. The van der Waals surface area contributed by atoms with E-state index in [1.54, 1.807) is 0 Å². The van der Waals surface area contributed by atoms with Crippen LogP contribution in [0.3, 0.4) is 0 Å². The molecule has 102 valence electrons. The minimum absolute atomic E-state index is 0.457. The van der Waals surface area contributed by atoms with Crippen LogP contribution in [0.4, 0.5) is 0 Å². The zero-order chi connectivity index (χ0) is 13.6. The average molecular weight is 250 g/mol. The van der Waals surface area contributed by atoms with E-state index in [0.29, 0.717) is 6.61 Å². The van der Waals surface area contributed by atoms with Gasteiger partial charge in [0.25, 0.3) is 0 Å². The first-order chi connectivity index (χ1) is 8.63. The molecule has 0 heterocycles. The molecule has 1 unspecified atom stereocenters. The van der Waals surface area contributed by atoms with Crippen molar-refractivity contribution in [1.29, 1.82) is 0 Å². The molecular formula is C16H26O2. The second-order valence-electron chi connectivity index (χ2n) is 4.71. The highest BCUT2D eigenvalue weighted by Crippen LogP contribution is 2.35. The Morgan fingerprint density at radius 1 is 1.17 bits per heavy atom. The standard InChI is InChI=1S/C16H26O2/c1-5-13-10-9-11-14(12-13)15(17)16(6-2,7-3)18-8-4/h9-12,15,17H,5-8H2,1-4H3. The van der Waals surface area contributed by atoms with Crippen molar-refractivity contribution in [2.75, 3.05) is 6.61 Å². The van der Waals surface area contributed by atoms with Gasteiger partial charge in [-0.2, -0.15) is 0 Å². The Morgan fingerprint density at radius 2 is 1.83 bits per heavy atom. The number of benzene rings is 1. The highest BCUT2D eigenvalue weighted by Gasteiger charge is 2.36. The Hall–Kier alpha value is -0.860. The molecule has 2 heteroatoms. The van der Waals surface area contributed by atoms with Crippen molar-refractivity contribution in [2.45, 2.75) is 58.7 Å². The molecule has 0 saturated carbocycles. The molecule has 0 saturated heterocycles. The van der Waals surface area contributed by atoms with Crippen LogP contribution in [0.25, 0.3) is 0 Å². The summed E-state index contributed by atoms with van der Waals surface area (Å²) in [7, 11) is 0. The Labute approximate surface area is 111 Å². The van der Waals surface area contributed by atoms with Crippen LogP contribution in [0, 0.1) is 0 Å². The first-order valence-electron chi connectivity index (χ1n) is 7.04. The van der Waals surface area contributed by atoms with Gasteiger partial charge in [0.1, 0.15) is 6.10 Å². The van der Waals surface area contributed by atoms with Gasteiger partial charge in [-0.1, -0.05) is 45.0 Å². The summed E-state index contributed by atoms with van der Waals surface area (Å²) in [5, 5.41) is 10.7. The van der Waals surface area contributed by atoms with Crippen LogP contribution in [0.15, 0.2) is 24.3 Å². The van der Waals surface area contributed by atoms with Crippen molar-refractivity contribution in [3.63, 3.8) is 0 Å². The first kappa shape index (κ1) is 15.2. The molecule has 1 aromatic carbocycles. The Bertz CT molecular complexity index is 356. The number of hydrogen-bond acceptors (Lipinski definition) is 2. The summed E-state index contributed by atoms with van der Waals surface area (Å²) in [4.78, 5) is 0. The second-order valence-corrected chi connectivity index (χ2v) is 4.71. The largest absolute Gasteiger partial charge is 0.385 e. The van der Waals surface area contributed by atoms with Gasteiger partial charge < -0.3 is 9.84 Å². The third kappa shape index (κ3) is 3.12. The highest BCUT2D eigenvalue weighted by molar-refractivity contribution is 5.27. The van der Waals surface area contributed by atoms with Crippen LogP contribution >= 0.6 is 0 Å². The van der Waals surface area contributed by atoms with Crippen molar-refractivity contribution < 1.29 is 9.84 Å². The van der Waals surface area contributed by atoms with Gasteiger partial charge in [0.2, 0.25) is 0 Å². The molecule has 0 spiro atoms. The first-order valence-corrected chi connectivity index (χ1v) is 7.04. The van der Waals surface area contributed by atoms with Crippen LogP contribution in [0.1, 0.15) is 57.8 Å². The molecule has 1 aromatic rings. The molecule has 0 fully saturated rings. The van der Waals surface area contributed by atoms with E-state index in [1.807, 2.05) is 19.1 Å². The fourth-order valence-electron chi connectivity index (χ4n) is 2.49. The smallest absolute Gasteiger partial charge is 0.108 e. The third-order valence-electron chi connectivity index (χ3n) is 3.80. The van der Waals surface area contributed by atoms with E-state index in [9.17, 15) is 5.11 Å². The van der Waals surface area contributed by atoms with Crippen molar-refractivity contribution >= 4 is 0 Å². The lowest BCUT2D eigenvalue weighted by Crippen LogP contribution is -2.38. The lowest BCUT2D eigenvalue weighted by atomic mass is 9.85. The van der Waals surface area contributed by atoms with Gasteiger partial charge in [0.05, 0.1) is 5.60 Å². The molecule has 0 amide bonds. The number of hydrogen-bond donors (Lipinski definition) is 1. The van der Waals surface area contributed by atoms with Gasteiger partial charge in [0, 0.05) is 6.61 Å². The summed E-state index contributed by atoms with van der Waals surface area (Å²) in [6.45, 7) is 8.89. The van der Waals surface area contributed by atoms with E-state index >= 15 is 0 Å². The molecule has 0 bridgehead atoms. The van der Waals surface area contributed by atoms with Crippen LogP contribution in [-0.4, -0.2) is 17.3 Å². The van der Waals surface area contributed by atoms with Crippen molar-refractivity contribution in [1.82, 2.24) is 0 Å². The van der Waals surface area contributed by atoms with Crippen molar-refractivity contribution in [2.24, 2.45) is 0 Å². The summed E-state index contributed by atoms with van der Waals surface area (Å²) >= 11 is 0. The maximum Gasteiger partial charge on any atom is 0.108 e. The highest BCUT2D eigenvalue weighted by atomic mass is 16.5. The van der Waals surface area contributed by atoms with Gasteiger partial charge in [-0.3, -0.25) is 0 Å². The van der Waals surface area contributed by atoms with Crippen LogP contribution < -0.4 is 0 Å². The lowest BCUT2D eigenvalue weighted by Gasteiger charge is -2.36. The summed E-state index contributed by atoms with van der Waals surface area (Å²) in [5.41, 5.74) is 1.76. The number of aryl methyl sites for hydroxylation is 1. The van der Waals surface area contributed by atoms with Crippen molar-refractivity contribution in [3.8, 4) is 0 Å². The zero-order valence-electron chi connectivity index (χ0n) is 12.1. The fourth-order valence-corrected chi connectivity index (χ4v) is 2.49. The molecule has 1 rings (SSSR count).